The van der Waals surface area contributed by atoms with E-state index in [2.05, 4.69) is 28.7 Å². The second-order valence-corrected chi connectivity index (χ2v) is 7.14. The Morgan fingerprint density at radius 3 is 2.92 bits per heavy atom. The summed E-state index contributed by atoms with van der Waals surface area (Å²) in [6, 6.07) is 6.45. The Balaban J connectivity index is 1.94. The lowest BCUT2D eigenvalue weighted by atomic mass is 10.1. The summed E-state index contributed by atoms with van der Waals surface area (Å²) >= 11 is 0. The summed E-state index contributed by atoms with van der Waals surface area (Å²) in [6.45, 7) is 5.75. The summed E-state index contributed by atoms with van der Waals surface area (Å²) in [6.07, 6.45) is 5.03. The second kappa shape index (κ2) is 7.81. The van der Waals surface area contributed by atoms with E-state index in [-0.39, 0.29) is 11.7 Å². The smallest absolute Gasteiger partial charge is 0.271 e. The van der Waals surface area contributed by atoms with E-state index in [4.69, 9.17) is 0 Å². The largest absolute Gasteiger partial charge is 0.351 e. The fourth-order valence-corrected chi connectivity index (χ4v) is 3.31. The molecule has 1 aliphatic rings. The average Bonchev–Trinajstić information content (AvgIpc) is 2.76. The Hall–Kier alpha value is -2.17. The molecular weight excluding hydrogens is 317 g/mol. The predicted molar refractivity (Wildman–Crippen MR) is 97.0 cm³/mol. The summed E-state index contributed by atoms with van der Waals surface area (Å²) in [5.41, 5.74) is 2.22. The zero-order valence-corrected chi connectivity index (χ0v) is 15.0. The third kappa shape index (κ3) is 4.09. The molecule has 5 heteroatoms. The molecule has 0 radical (unpaired) electrons. The Morgan fingerprint density at radius 1 is 1.32 bits per heavy atom. The minimum atomic E-state index is -0.286. The third-order valence-electron chi connectivity index (χ3n) is 4.67. The summed E-state index contributed by atoms with van der Waals surface area (Å²) < 4.78 is 15.8. The molecule has 2 aromatic rings. The highest BCUT2D eigenvalue weighted by Gasteiger charge is 2.24. The zero-order chi connectivity index (χ0) is 17.8. The number of halogens is 1. The van der Waals surface area contributed by atoms with E-state index in [1.54, 1.807) is 6.07 Å². The van der Waals surface area contributed by atoms with Crippen LogP contribution in [0.25, 0.3) is 11.4 Å². The first-order valence-electron chi connectivity index (χ1n) is 9.20. The second-order valence-electron chi connectivity index (χ2n) is 7.14. The molecule has 1 aliphatic heterocycles. The van der Waals surface area contributed by atoms with Gasteiger partial charge in [0.15, 0.2) is 0 Å². The van der Waals surface area contributed by atoms with E-state index in [0.29, 0.717) is 24.0 Å². The van der Waals surface area contributed by atoms with Gasteiger partial charge < -0.3 is 9.88 Å². The summed E-state index contributed by atoms with van der Waals surface area (Å²) in [7, 11) is 0. The topological polar surface area (TPSA) is 46.9 Å². The van der Waals surface area contributed by atoms with Crippen molar-refractivity contribution in [3.63, 3.8) is 0 Å². The van der Waals surface area contributed by atoms with Gasteiger partial charge in [0.2, 0.25) is 0 Å². The van der Waals surface area contributed by atoms with Gasteiger partial charge in [-0.3, -0.25) is 4.79 Å². The Morgan fingerprint density at radius 2 is 2.16 bits per heavy atom. The molecule has 1 aromatic heterocycles. The third-order valence-corrected chi connectivity index (χ3v) is 4.67. The van der Waals surface area contributed by atoms with Gasteiger partial charge in [0.1, 0.15) is 17.3 Å². The van der Waals surface area contributed by atoms with Gasteiger partial charge >= 0.3 is 0 Å². The van der Waals surface area contributed by atoms with Gasteiger partial charge in [0.05, 0.1) is 5.69 Å². The van der Waals surface area contributed by atoms with Gasteiger partial charge in [-0.25, -0.2) is 9.37 Å². The van der Waals surface area contributed by atoms with Gasteiger partial charge in [-0.1, -0.05) is 32.4 Å². The average molecular weight is 343 g/mol. The molecule has 0 atom stereocenters. The molecule has 134 valence electrons. The number of nitrogens with one attached hydrogen (secondary N) is 1. The van der Waals surface area contributed by atoms with Crippen LogP contribution in [0.4, 0.5) is 4.39 Å². The molecule has 1 aromatic carbocycles. The van der Waals surface area contributed by atoms with E-state index < -0.39 is 0 Å². The Bertz CT molecular complexity index is 751. The number of aromatic nitrogens is 2. The van der Waals surface area contributed by atoms with Crippen molar-refractivity contribution in [2.24, 2.45) is 5.92 Å². The fourth-order valence-electron chi connectivity index (χ4n) is 3.31. The number of fused-ring (bicyclic) bond motifs is 1. The quantitative estimate of drug-likeness (QED) is 0.885. The minimum absolute atomic E-state index is 0.117. The number of rotatable bonds is 5. The minimum Gasteiger partial charge on any atom is -0.351 e. The summed E-state index contributed by atoms with van der Waals surface area (Å²) in [4.78, 5) is 17.3. The van der Waals surface area contributed by atoms with E-state index in [0.717, 1.165) is 49.9 Å². The van der Waals surface area contributed by atoms with Crippen LogP contribution in [-0.4, -0.2) is 22.0 Å². The van der Waals surface area contributed by atoms with Crippen molar-refractivity contribution in [1.29, 1.82) is 0 Å². The predicted octanol–water partition coefficient (Wildman–Crippen LogP) is 4.19. The van der Waals surface area contributed by atoms with Crippen molar-refractivity contribution in [3.05, 3.63) is 41.5 Å². The number of amides is 1. The Labute approximate surface area is 148 Å². The lowest BCUT2D eigenvalue weighted by molar-refractivity contribution is 0.0946. The molecule has 0 saturated carbocycles. The number of imidazole rings is 1. The highest BCUT2D eigenvalue weighted by molar-refractivity contribution is 5.94. The first-order chi connectivity index (χ1) is 12.1. The number of carbonyl (C=O) groups is 1. The molecule has 1 amide bonds. The number of carbonyl (C=O) groups excluding carboxylic acids is 1. The van der Waals surface area contributed by atoms with Gasteiger partial charge in [0.25, 0.3) is 5.91 Å². The molecule has 0 saturated heterocycles. The number of benzene rings is 1. The molecule has 0 aliphatic carbocycles. The van der Waals surface area contributed by atoms with E-state index >= 15 is 0 Å². The first-order valence-corrected chi connectivity index (χ1v) is 9.20. The van der Waals surface area contributed by atoms with E-state index in [1.165, 1.54) is 12.1 Å². The molecule has 2 heterocycles. The SMILES string of the molecule is CC(C)CCNC(=O)c1nc(-c2cccc(F)c2)n2c1CCCCC2. The molecule has 1 N–H and O–H groups in total. The van der Waals surface area contributed by atoms with Crippen molar-refractivity contribution < 1.29 is 9.18 Å². The molecule has 0 fully saturated rings. The molecule has 3 rings (SSSR count). The normalized spacial score (nSPS) is 14.2. The molecule has 0 bridgehead atoms. The number of hydrogen-bond donors (Lipinski definition) is 1. The highest BCUT2D eigenvalue weighted by Crippen LogP contribution is 2.27. The number of nitrogens with zero attached hydrogens (tertiary/aromatic N) is 2. The maximum atomic E-state index is 13.7. The standard InChI is InChI=1S/C20H26FN3O/c1-14(2)10-11-22-20(25)18-17-9-4-3-5-12-24(17)19(23-18)15-7-6-8-16(21)13-15/h6-8,13-14H,3-5,9-12H2,1-2H3,(H,22,25). The van der Waals surface area contributed by atoms with E-state index in [1.807, 2.05) is 6.07 Å². The molecule has 25 heavy (non-hydrogen) atoms. The van der Waals surface area contributed by atoms with Crippen LogP contribution in [0, 0.1) is 11.7 Å². The maximum absolute atomic E-state index is 13.7. The molecule has 0 unspecified atom stereocenters. The zero-order valence-electron chi connectivity index (χ0n) is 15.0. The molecular formula is C20H26FN3O. The van der Waals surface area contributed by atoms with Crippen molar-refractivity contribution in [2.75, 3.05) is 6.54 Å². The Kier molecular flexibility index (Phi) is 5.51. The molecule has 4 nitrogen and oxygen atoms in total. The fraction of sp³-hybridized carbons (Fsp3) is 0.500. The van der Waals surface area contributed by atoms with Crippen LogP contribution in [0.3, 0.4) is 0 Å². The van der Waals surface area contributed by atoms with Crippen LogP contribution in [0.2, 0.25) is 0 Å². The van der Waals surface area contributed by atoms with Gasteiger partial charge in [-0.2, -0.15) is 0 Å². The monoisotopic (exact) mass is 343 g/mol. The van der Waals surface area contributed by atoms with Crippen molar-refractivity contribution in [1.82, 2.24) is 14.9 Å². The lowest BCUT2D eigenvalue weighted by Crippen LogP contribution is -2.26. The highest BCUT2D eigenvalue weighted by atomic mass is 19.1. The van der Waals surface area contributed by atoms with Crippen LogP contribution in [0.15, 0.2) is 24.3 Å². The first kappa shape index (κ1) is 17.6. The summed E-state index contributed by atoms with van der Waals surface area (Å²) in [5, 5.41) is 2.99. The van der Waals surface area contributed by atoms with Crippen LogP contribution in [-0.2, 0) is 13.0 Å². The van der Waals surface area contributed by atoms with Crippen LogP contribution < -0.4 is 5.32 Å². The number of hydrogen-bond acceptors (Lipinski definition) is 2. The van der Waals surface area contributed by atoms with E-state index in [9.17, 15) is 9.18 Å². The van der Waals surface area contributed by atoms with Crippen molar-refractivity contribution in [2.45, 2.75) is 52.5 Å². The van der Waals surface area contributed by atoms with Crippen LogP contribution >= 0.6 is 0 Å². The van der Waals surface area contributed by atoms with Crippen molar-refractivity contribution in [3.8, 4) is 11.4 Å². The summed E-state index contributed by atoms with van der Waals surface area (Å²) in [5.74, 6) is 0.841. The maximum Gasteiger partial charge on any atom is 0.271 e. The van der Waals surface area contributed by atoms with Gasteiger partial charge in [-0.15, -0.1) is 0 Å². The lowest BCUT2D eigenvalue weighted by Gasteiger charge is -2.09. The van der Waals surface area contributed by atoms with Crippen molar-refractivity contribution >= 4 is 5.91 Å². The van der Waals surface area contributed by atoms with Crippen LogP contribution in [0.5, 0.6) is 0 Å². The van der Waals surface area contributed by atoms with Crippen LogP contribution in [0.1, 0.15) is 55.7 Å². The van der Waals surface area contributed by atoms with Gasteiger partial charge in [0, 0.05) is 18.7 Å². The molecule has 0 spiro atoms. The van der Waals surface area contributed by atoms with Gasteiger partial charge in [-0.05, 0) is 43.7 Å².